The largest absolute Gasteiger partial charge is 0.291 e. The highest BCUT2D eigenvalue weighted by atomic mass is 15.1. The number of hydrogen-bond acceptors (Lipinski definition) is 2. The van der Waals surface area contributed by atoms with Crippen LogP contribution in [0.25, 0.3) is 0 Å². The van der Waals surface area contributed by atoms with Crippen molar-refractivity contribution in [1.82, 2.24) is 4.90 Å². The molecule has 0 aromatic carbocycles. The lowest BCUT2D eigenvalue weighted by Gasteiger charge is -2.09. The van der Waals surface area contributed by atoms with Gasteiger partial charge in [0, 0.05) is 6.54 Å². The van der Waals surface area contributed by atoms with Crippen molar-refractivity contribution in [3.63, 3.8) is 0 Å². The molecule has 0 aliphatic carbocycles. The fraction of sp³-hybridized carbons (Fsp3) is 0.857. The molecule has 1 aliphatic rings. The molecule has 0 radical (unpaired) electrons. The normalized spacial score (nSPS) is 36.6. The number of nitrogens with zero attached hydrogens (tertiary/aromatic N) is 2. The van der Waals surface area contributed by atoms with Crippen molar-refractivity contribution < 1.29 is 0 Å². The Morgan fingerprint density at radius 2 is 2.33 bits per heavy atom. The van der Waals surface area contributed by atoms with Crippen LogP contribution in [0.3, 0.4) is 0 Å². The first kappa shape index (κ1) is 6.57. The van der Waals surface area contributed by atoms with Crippen LogP contribution in [0.15, 0.2) is 0 Å². The fourth-order valence-electron chi connectivity index (χ4n) is 1.41. The molecule has 0 N–H and O–H groups in total. The molecule has 1 rings (SSSR count). The van der Waals surface area contributed by atoms with Crippen molar-refractivity contribution in [2.24, 2.45) is 5.92 Å². The molecular formula is C7H12N2. The lowest BCUT2D eigenvalue weighted by Crippen LogP contribution is -2.22. The molecule has 2 heteroatoms. The van der Waals surface area contributed by atoms with Gasteiger partial charge >= 0.3 is 0 Å². The van der Waals surface area contributed by atoms with E-state index in [1.165, 1.54) is 0 Å². The SMILES string of the molecule is C[C@@H]1C[C@@H](C#N)N(C)C1. The molecule has 1 heterocycles. The van der Waals surface area contributed by atoms with E-state index in [2.05, 4.69) is 17.9 Å². The zero-order valence-corrected chi connectivity index (χ0v) is 5.96. The molecule has 0 aromatic heterocycles. The van der Waals surface area contributed by atoms with E-state index in [0.29, 0.717) is 5.92 Å². The molecule has 0 bridgehead atoms. The van der Waals surface area contributed by atoms with E-state index in [0.717, 1.165) is 13.0 Å². The van der Waals surface area contributed by atoms with Gasteiger partial charge in [-0.15, -0.1) is 0 Å². The smallest absolute Gasteiger partial charge is 0.0978 e. The third-order valence-corrected chi connectivity index (χ3v) is 1.91. The van der Waals surface area contributed by atoms with E-state index in [-0.39, 0.29) is 6.04 Å². The van der Waals surface area contributed by atoms with Crippen LogP contribution in [-0.4, -0.2) is 24.5 Å². The van der Waals surface area contributed by atoms with Gasteiger partial charge in [-0.05, 0) is 19.4 Å². The maximum atomic E-state index is 8.56. The van der Waals surface area contributed by atoms with Gasteiger partial charge in [0.1, 0.15) is 0 Å². The quantitative estimate of drug-likeness (QED) is 0.478. The van der Waals surface area contributed by atoms with E-state index in [1.807, 2.05) is 7.05 Å². The van der Waals surface area contributed by atoms with E-state index in [1.54, 1.807) is 0 Å². The number of rotatable bonds is 0. The van der Waals surface area contributed by atoms with Gasteiger partial charge in [-0.25, -0.2) is 0 Å². The highest BCUT2D eigenvalue weighted by Gasteiger charge is 2.25. The monoisotopic (exact) mass is 124 g/mol. The van der Waals surface area contributed by atoms with Crippen molar-refractivity contribution in [2.45, 2.75) is 19.4 Å². The maximum absolute atomic E-state index is 8.56. The first-order chi connectivity index (χ1) is 4.24. The zero-order valence-electron chi connectivity index (χ0n) is 5.96. The average molecular weight is 124 g/mol. The van der Waals surface area contributed by atoms with Gasteiger partial charge in [0.15, 0.2) is 0 Å². The van der Waals surface area contributed by atoms with E-state index in [4.69, 9.17) is 5.26 Å². The summed E-state index contributed by atoms with van der Waals surface area (Å²) >= 11 is 0. The van der Waals surface area contributed by atoms with Crippen LogP contribution in [0.5, 0.6) is 0 Å². The second-order valence-electron chi connectivity index (χ2n) is 2.93. The molecule has 0 aromatic rings. The first-order valence-corrected chi connectivity index (χ1v) is 3.34. The van der Waals surface area contributed by atoms with Gasteiger partial charge in [0.25, 0.3) is 0 Å². The zero-order chi connectivity index (χ0) is 6.85. The minimum Gasteiger partial charge on any atom is -0.291 e. The van der Waals surface area contributed by atoms with Gasteiger partial charge in [0.05, 0.1) is 12.1 Å². The Morgan fingerprint density at radius 3 is 2.56 bits per heavy atom. The summed E-state index contributed by atoms with van der Waals surface area (Å²) in [6.45, 7) is 3.27. The molecule has 2 nitrogen and oxygen atoms in total. The summed E-state index contributed by atoms with van der Waals surface area (Å²) in [5.74, 6) is 0.708. The second-order valence-corrected chi connectivity index (χ2v) is 2.93. The number of nitriles is 1. The molecule has 2 atom stereocenters. The molecule has 0 saturated carbocycles. The summed E-state index contributed by atoms with van der Waals surface area (Å²) in [5, 5.41) is 8.56. The second kappa shape index (κ2) is 2.36. The minimum atomic E-state index is 0.181. The van der Waals surface area contributed by atoms with E-state index < -0.39 is 0 Å². The lowest BCUT2D eigenvalue weighted by atomic mass is 10.1. The topological polar surface area (TPSA) is 27.0 Å². The summed E-state index contributed by atoms with van der Waals surface area (Å²) < 4.78 is 0. The molecule has 1 saturated heterocycles. The van der Waals surface area contributed by atoms with Crippen LogP contribution in [0.4, 0.5) is 0 Å². The first-order valence-electron chi connectivity index (χ1n) is 3.34. The molecule has 9 heavy (non-hydrogen) atoms. The molecule has 0 amide bonds. The predicted octanol–water partition coefficient (Wildman–Crippen LogP) is 0.850. The summed E-state index contributed by atoms with van der Waals surface area (Å²) in [7, 11) is 2.01. The standard InChI is InChI=1S/C7H12N2/c1-6-3-7(4-8)9(2)5-6/h6-7H,3,5H2,1-2H3/t6-,7+/m1/s1. The van der Waals surface area contributed by atoms with E-state index in [9.17, 15) is 0 Å². The Kier molecular flexibility index (Phi) is 1.73. The van der Waals surface area contributed by atoms with E-state index >= 15 is 0 Å². The fourth-order valence-corrected chi connectivity index (χ4v) is 1.41. The average Bonchev–Trinajstić information content (AvgIpc) is 2.10. The predicted molar refractivity (Wildman–Crippen MR) is 35.8 cm³/mol. The summed E-state index contributed by atoms with van der Waals surface area (Å²) in [5.41, 5.74) is 0. The summed E-state index contributed by atoms with van der Waals surface area (Å²) in [6, 6.07) is 2.45. The molecule has 0 spiro atoms. The summed E-state index contributed by atoms with van der Waals surface area (Å²) in [4.78, 5) is 2.12. The Bertz CT molecular complexity index is 136. The minimum absolute atomic E-state index is 0.181. The maximum Gasteiger partial charge on any atom is 0.0978 e. The van der Waals surface area contributed by atoms with Crippen LogP contribution in [-0.2, 0) is 0 Å². The van der Waals surface area contributed by atoms with Crippen molar-refractivity contribution in [1.29, 1.82) is 5.26 Å². The summed E-state index contributed by atoms with van der Waals surface area (Å²) in [6.07, 6.45) is 1.05. The van der Waals surface area contributed by atoms with Gasteiger partial charge < -0.3 is 0 Å². The molecule has 1 aliphatic heterocycles. The van der Waals surface area contributed by atoms with Crippen LogP contribution < -0.4 is 0 Å². The lowest BCUT2D eigenvalue weighted by molar-refractivity contribution is 0.356. The Hall–Kier alpha value is -0.550. The molecule has 0 unspecified atom stereocenters. The van der Waals surface area contributed by atoms with Crippen molar-refractivity contribution in [3.8, 4) is 6.07 Å². The van der Waals surface area contributed by atoms with Gasteiger partial charge in [-0.2, -0.15) is 5.26 Å². The third kappa shape index (κ3) is 1.22. The third-order valence-electron chi connectivity index (χ3n) is 1.91. The van der Waals surface area contributed by atoms with Crippen LogP contribution in [0.1, 0.15) is 13.3 Å². The van der Waals surface area contributed by atoms with Crippen LogP contribution >= 0.6 is 0 Å². The molecule has 50 valence electrons. The van der Waals surface area contributed by atoms with Crippen LogP contribution in [0, 0.1) is 17.2 Å². The Morgan fingerprint density at radius 1 is 1.67 bits per heavy atom. The van der Waals surface area contributed by atoms with Crippen molar-refractivity contribution in [2.75, 3.05) is 13.6 Å². The Labute approximate surface area is 56.1 Å². The van der Waals surface area contributed by atoms with Gasteiger partial charge in [-0.1, -0.05) is 6.92 Å². The molecule has 1 fully saturated rings. The van der Waals surface area contributed by atoms with Crippen molar-refractivity contribution in [3.05, 3.63) is 0 Å². The number of likely N-dealkylation sites (tertiary alicyclic amines) is 1. The molecular weight excluding hydrogens is 112 g/mol. The Balaban J connectivity index is 2.50. The van der Waals surface area contributed by atoms with Gasteiger partial charge in [0.2, 0.25) is 0 Å². The number of hydrogen-bond donors (Lipinski definition) is 0. The van der Waals surface area contributed by atoms with Crippen LogP contribution in [0.2, 0.25) is 0 Å². The van der Waals surface area contributed by atoms with Crippen molar-refractivity contribution >= 4 is 0 Å². The highest BCUT2D eigenvalue weighted by Crippen LogP contribution is 2.19. The highest BCUT2D eigenvalue weighted by molar-refractivity contribution is 4.96. The van der Waals surface area contributed by atoms with Gasteiger partial charge in [-0.3, -0.25) is 4.90 Å².